The van der Waals surface area contributed by atoms with E-state index in [1.807, 2.05) is 0 Å². The number of anilines is 1. The lowest BCUT2D eigenvalue weighted by atomic mass is 10.1. The van der Waals surface area contributed by atoms with Crippen molar-refractivity contribution in [2.24, 2.45) is 5.92 Å². The van der Waals surface area contributed by atoms with Crippen molar-refractivity contribution in [3.8, 4) is 6.01 Å². The zero-order valence-electron chi connectivity index (χ0n) is 19.0. The van der Waals surface area contributed by atoms with E-state index in [-0.39, 0.29) is 12.0 Å². The fourth-order valence-electron chi connectivity index (χ4n) is 3.45. The molecule has 1 aromatic rings. The molecule has 31 heavy (non-hydrogen) atoms. The number of hydrogen-bond donors (Lipinski definition) is 2. The van der Waals surface area contributed by atoms with Crippen LogP contribution in [0, 0.1) is 5.92 Å². The number of hydrogen-bond acceptors (Lipinski definition) is 7. The minimum atomic E-state index is -0.675. The topological polar surface area (TPSA) is 106 Å². The van der Waals surface area contributed by atoms with E-state index in [1.54, 1.807) is 20.8 Å². The van der Waals surface area contributed by atoms with Crippen molar-refractivity contribution in [3.05, 3.63) is 12.4 Å². The first-order chi connectivity index (χ1) is 14.7. The molecule has 1 unspecified atom stereocenters. The van der Waals surface area contributed by atoms with Crippen LogP contribution in [0.1, 0.15) is 59.3 Å². The summed E-state index contributed by atoms with van der Waals surface area (Å²) in [5.41, 5.74) is -0.165. The number of likely N-dealkylation sites (tertiary alicyclic amines) is 1. The van der Waals surface area contributed by atoms with Crippen molar-refractivity contribution in [3.63, 3.8) is 0 Å². The summed E-state index contributed by atoms with van der Waals surface area (Å²) >= 11 is 0. The largest absolute Gasteiger partial charge is 0.460 e. The number of piperidine rings is 1. The predicted octanol–water partition coefficient (Wildman–Crippen LogP) is 2.97. The van der Waals surface area contributed by atoms with E-state index in [0.29, 0.717) is 24.0 Å². The number of carbonyl (C=O) groups excluding carboxylic acids is 2. The summed E-state index contributed by atoms with van der Waals surface area (Å²) in [6, 6.07) is -0.365. The van der Waals surface area contributed by atoms with Gasteiger partial charge in [-0.15, -0.1) is 0 Å². The highest BCUT2D eigenvalue weighted by atomic mass is 16.6. The van der Waals surface area contributed by atoms with E-state index in [4.69, 9.17) is 9.47 Å². The molecule has 2 aliphatic rings. The van der Waals surface area contributed by atoms with Gasteiger partial charge in [0.15, 0.2) is 0 Å². The minimum absolute atomic E-state index is 0.112. The molecule has 172 valence electrons. The smallest absolute Gasteiger partial charge is 0.408 e. The van der Waals surface area contributed by atoms with Crippen LogP contribution in [0.2, 0.25) is 0 Å². The Bertz CT molecular complexity index is 737. The molecule has 2 amide bonds. The molecule has 9 nitrogen and oxygen atoms in total. The number of amides is 2. The molecule has 1 aromatic heterocycles. The fourth-order valence-corrected chi connectivity index (χ4v) is 3.45. The monoisotopic (exact) mass is 433 g/mol. The third-order valence-corrected chi connectivity index (χ3v) is 5.40. The first kappa shape index (κ1) is 23.2. The van der Waals surface area contributed by atoms with E-state index in [0.717, 1.165) is 32.4 Å². The van der Waals surface area contributed by atoms with Crippen LogP contribution in [0.25, 0.3) is 0 Å². The molecule has 2 heterocycles. The third-order valence-electron chi connectivity index (χ3n) is 5.40. The number of carbonyl (C=O) groups is 2. The first-order valence-electron chi connectivity index (χ1n) is 11.2. The van der Waals surface area contributed by atoms with Crippen LogP contribution in [0.15, 0.2) is 12.4 Å². The average molecular weight is 434 g/mol. The molecule has 9 heteroatoms. The van der Waals surface area contributed by atoms with Gasteiger partial charge in [0.1, 0.15) is 17.7 Å². The second-order valence-electron chi connectivity index (χ2n) is 9.58. The Hall–Kier alpha value is -2.42. The molecular weight excluding hydrogens is 398 g/mol. The molecular formula is C22H35N5O4. The van der Waals surface area contributed by atoms with Crippen LogP contribution in [-0.2, 0) is 9.53 Å². The van der Waals surface area contributed by atoms with Gasteiger partial charge >= 0.3 is 12.1 Å². The van der Waals surface area contributed by atoms with Crippen molar-refractivity contribution in [2.45, 2.75) is 77.0 Å². The van der Waals surface area contributed by atoms with E-state index >= 15 is 0 Å². The number of aromatic nitrogens is 2. The molecule has 1 aliphatic carbocycles. The lowest BCUT2D eigenvalue weighted by Crippen LogP contribution is -2.45. The summed E-state index contributed by atoms with van der Waals surface area (Å²) in [6.07, 6.45) is 8.29. The maximum Gasteiger partial charge on any atom is 0.408 e. The first-order valence-corrected chi connectivity index (χ1v) is 11.2. The van der Waals surface area contributed by atoms with Gasteiger partial charge in [0.05, 0.1) is 18.1 Å². The van der Waals surface area contributed by atoms with E-state index in [2.05, 4.69) is 32.5 Å². The normalized spacial score (nSPS) is 18.8. The lowest BCUT2D eigenvalue weighted by molar-refractivity contribution is -0.118. The predicted molar refractivity (Wildman–Crippen MR) is 117 cm³/mol. The van der Waals surface area contributed by atoms with E-state index in [1.165, 1.54) is 25.2 Å². The zero-order chi connectivity index (χ0) is 22.4. The zero-order valence-corrected chi connectivity index (χ0v) is 19.0. The second kappa shape index (κ2) is 10.3. The maximum absolute atomic E-state index is 12.8. The number of ether oxygens (including phenoxy) is 2. The molecule has 0 bridgehead atoms. The second-order valence-corrected chi connectivity index (χ2v) is 9.58. The van der Waals surface area contributed by atoms with Crippen LogP contribution >= 0.6 is 0 Å². The molecule has 1 aliphatic heterocycles. The third kappa shape index (κ3) is 8.32. The standard InChI is InChI=1S/C22H35N5O4/c1-22(2,3)31-21(29)26-18(8-7-15-5-6-15)19(28)25-16-13-23-20(24-14-16)30-17-9-11-27(4)12-10-17/h13-15,17-18H,5-12H2,1-4H3,(H,25,28)(H,26,29). The van der Waals surface area contributed by atoms with Crippen LogP contribution in [0.5, 0.6) is 6.01 Å². The van der Waals surface area contributed by atoms with E-state index < -0.39 is 17.7 Å². The van der Waals surface area contributed by atoms with E-state index in [9.17, 15) is 9.59 Å². The summed E-state index contributed by atoms with van der Waals surface area (Å²) in [5, 5.41) is 5.50. The van der Waals surface area contributed by atoms with Crippen LogP contribution in [-0.4, -0.2) is 64.8 Å². The molecule has 2 fully saturated rings. The molecule has 1 saturated heterocycles. The van der Waals surface area contributed by atoms with Crippen molar-refractivity contribution < 1.29 is 19.1 Å². The summed E-state index contributed by atoms with van der Waals surface area (Å²) < 4.78 is 11.2. The van der Waals surface area contributed by atoms with Gasteiger partial charge in [0.25, 0.3) is 0 Å². The van der Waals surface area contributed by atoms with Crippen LogP contribution in [0.4, 0.5) is 10.5 Å². The summed E-state index contributed by atoms with van der Waals surface area (Å²) in [5.74, 6) is 0.342. The molecule has 0 aromatic carbocycles. The maximum atomic E-state index is 12.8. The summed E-state index contributed by atoms with van der Waals surface area (Å²) in [4.78, 5) is 35.7. The Morgan fingerprint density at radius 2 is 1.81 bits per heavy atom. The van der Waals surface area contributed by atoms with Crippen molar-refractivity contribution in [1.82, 2.24) is 20.2 Å². The highest BCUT2D eigenvalue weighted by molar-refractivity contribution is 5.96. The number of alkyl carbamates (subject to hydrolysis) is 1. The van der Waals surface area contributed by atoms with Gasteiger partial charge in [-0.3, -0.25) is 4.79 Å². The van der Waals surface area contributed by atoms with Gasteiger partial charge < -0.3 is 25.0 Å². The van der Waals surface area contributed by atoms with Crippen molar-refractivity contribution in [1.29, 1.82) is 0 Å². The lowest BCUT2D eigenvalue weighted by Gasteiger charge is -2.28. The van der Waals surface area contributed by atoms with Gasteiger partial charge in [-0.05, 0) is 59.4 Å². The Morgan fingerprint density at radius 3 is 2.39 bits per heavy atom. The quantitative estimate of drug-likeness (QED) is 0.649. The highest BCUT2D eigenvalue weighted by Gasteiger charge is 2.28. The van der Waals surface area contributed by atoms with Crippen molar-refractivity contribution >= 4 is 17.7 Å². The molecule has 0 spiro atoms. The summed E-state index contributed by atoms with van der Waals surface area (Å²) in [7, 11) is 2.10. The molecule has 1 saturated carbocycles. The number of rotatable bonds is 8. The SMILES string of the molecule is CN1CCC(Oc2ncc(NC(=O)C(CCC3CC3)NC(=O)OC(C)(C)C)cn2)CC1. The molecule has 0 radical (unpaired) electrons. The highest BCUT2D eigenvalue weighted by Crippen LogP contribution is 2.34. The van der Waals surface area contributed by atoms with Gasteiger partial charge in [-0.25, -0.2) is 14.8 Å². The van der Waals surface area contributed by atoms with Gasteiger partial charge in [-0.1, -0.05) is 12.8 Å². The van der Waals surface area contributed by atoms with Crippen LogP contribution < -0.4 is 15.4 Å². The van der Waals surface area contributed by atoms with Crippen molar-refractivity contribution in [2.75, 3.05) is 25.5 Å². The van der Waals surface area contributed by atoms with Gasteiger partial charge in [-0.2, -0.15) is 0 Å². The summed E-state index contributed by atoms with van der Waals surface area (Å²) in [6.45, 7) is 7.35. The van der Waals surface area contributed by atoms with Gasteiger partial charge in [0.2, 0.25) is 5.91 Å². The Kier molecular flexibility index (Phi) is 7.69. The number of nitrogens with one attached hydrogen (secondary N) is 2. The van der Waals surface area contributed by atoms with Crippen LogP contribution in [0.3, 0.4) is 0 Å². The molecule has 2 N–H and O–H groups in total. The molecule has 3 rings (SSSR count). The average Bonchev–Trinajstić information content (AvgIpc) is 3.51. The Labute approximate surface area is 184 Å². The fraction of sp³-hybridized carbons (Fsp3) is 0.727. The van der Waals surface area contributed by atoms with Gasteiger partial charge in [0, 0.05) is 13.1 Å². The minimum Gasteiger partial charge on any atom is -0.460 e. The Balaban J connectivity index is 1.53. The number of nitrogens with zero attached hydrogens (tertiary/aromatic N) is 3. The Morgan fingerprint density at radius 1 is 1.16 bits per heavy atom. The molecule has 1 atom stereocenters.